The van der Waals surface area contributed by atoms with Crippen LogP contribution in [-0.2, 0) is 18.7 Å². The molecule has 0 aromatic heterocycles. The van der Waals surface area contributed by atoms with Crippen molar-refractivity contribution in [2.45, 2.75) is 111 Å². The van der Waals surface area contributed by atoms with Gasteiger partial charge in [0.05, 0.1) is 25.4 Å². The second-order valence-corrected chi connectivity index (χ2v) is 16.4. The van der Waals surface area contributed by atoms with E-state index in [1.165, 1.54) is 22.4 Å². The van der Waals surface area contributed by atoms with Crippen molar-refractivity contribution in [2.75, 3.05) is 30.9 Å². The van der Waals surface area contributed by atoms with E-state index in [9.17, 15) is 4.79 Å². The molecule has 4 nitrogen and oxygen atoms in total. The zero-order chi connectivity index (χ0) is 38.8. The van der Waals surface area contributed by atoms with E-state index in [4.69, 9.17) is 55.1 Å². The van der Waals surface area contributed by atoms with Crippen LogP contribution >= 0.6 is 34.8 Å². The van der Waals surface area contributed by atoms with Crippen LogP contribution in [0.2, 0.25) is 0 Å². The third-order valence-corrected chi connectivity index (χ3v) is 11.4. The average molecular weight is 792 g/mol. The summed E-state index contributed by atoms with van der Waals surface area (Å²) in [6.07, 6.45) is 21.7. The van der Waals surface area contributed by atoms with Crippen LogP contribution in [-0.4, -0.2) is 64.5 Å². The van der Waals surface area contributed by atoms with E-state index >= 15 is 0 Å². The van der Waals surface area contributed by atoms with E-state index in [1.54, 1.807) is 0 Å². The van der Waals surface area contributed by atoms with Crippen LogP contribution in [0.5, 0.6) is 0 Å². The van der Waals surface area contributed by atoms with Crippen LogP contribution in [0.3, 0.4) is 0 Å². The number of ether oxygens (including phenoxy) is 2. The molecule has 0 saturated heterocycles. The smallest absolute Gasteiger partial charge is 0.240 e. The SMILES string of the molecule is C#CCCCCCl.C=C[C@H](C)[C@H]1OCC=C1CCCCCl.CC(C)OC/C=C(\C=O)CCCCCl.CC(C)O[SiH](c1ccccc1)c1ccccc1. The number of halogens is 3. The molecule has 2 aromatic carbocycles. The Morgan fingerprint density at radius 3 is 1.92 bits per heavy atom. The first kappa shape index (κ1) is 49.9. The lowest BCUT2D eigenvalue weighted by Crippen LogP contribution is -2.46. The fraction of sp³-hybridized carbons (Fsp3) is 0.523. The van der Waals surface area contributed by atoms with Crippen LogP contribution in [0.15, 0.2) is 96.6 Å². The molecule has 1 heterocycles. The summed E-state index contributed by atoms with van der Waals surface area (Å²) in [5.74, 6) is 5.12. The first-order valence-corrected chi connectivity index (χ1v) is 22.0. The van der Waals surface area contributed by atoms with Crippen molar-refractivity contribution in [3.63, 3.8) is 0 Å². The molecule has 0 fully saturated rings. The summed E-state index contributed by atoms with van der Waals surface area (Å²) < 4.78 is 17.1. The Bertz CT molecular complexity index is 1210. The second-order valence-electron chi connectivity index (χ2n) is 12.9. The fourth-order valence-corrected chi connectivity index (χ4v) is 7.90. The number of allylic oxidation sites excluding steroid dienone is 1. The Kier molecular flexibility index (Phi) is 33.2. The Balaban J connectivity index is 0.000000693. The van der Waals surface area contributed by atoms with Crippen LogP contribution in [0.4, 0.5) is 0 Å². The molecule has 0 aliphatic carbocycles. The highest BCUT2D eigenvalue weighted by Crippen LogP contribution is 2.26. The number of rotatable bonds is 21. The molecule has 0 spiro atoms. The van der Waals surface area contributed by atoms with E-state index in [1.807, 2.05) is 26.0 Å². The van der Waals surface area contributed by atoms with Crippen molar-refractivity contribution >= 4 is 60.5 Å². The van der Waals surface area contributed by atoms with Gasteiger partial charge in [-0.3, -0.25) is 4.79 Å². The molecule has 0 unspecified atom stereocenters. The van der Waals surface area contributed by atoms with Gasteiger partial charge in [0, 0.05) is 36.1 Å². The van der Waals surface area contributed by atoms with Crippen molar-refractivity contribution < 1.29 is 18.7 Å². The molecular weight excluding hydrogens is 727 g/mol. The largest absolute Gasteiger partial charge is 0.409 e. The lowest BCUT2D eigenvalue weighted by molar-refractivity contribution is -0.105. The molecule has 0 N–H and O–H groups in total. The lowest BCUT2D eigenvalue weighted by Gasteiger charge is -2.19. The molecule has 0 saturated carbocycles. The fourth-order valence-electron chi connectivity index (χ4n) is 4.94. The first-order chi connectivity index (χ1) is 25.2. The van der Waals surface area contributed by atoms with Gasteiger partial charge >= 0.3 is 0 Å². The Labute approximate surface area is 334 Å². The third-order valence-electron chi connectivity index (χ3n) is 7.78. The first-order valence-electron chi connectivity index (χ1n) is 18.7. The Morgan fingerprint density at radius 2 is 1.44 bits per heavy atom. The second kappa shape index (κ2) is 34.6. The normalized spacial score (nSPS) is 14.2. The number of alkyl halides is 3. The number of aldehydes is 1. The van der Waals surface area contributed by atoms with E-state index in [-0.39, 0.29) is 18.3 Å². The van der Waals surface area contributed by atoms with Crippen LogP contribution in [0.1, 0.15) is 92.4 Å². The summed E-state index contributed by atoms with van der Waals surface area (Å²) >= 11 is 16.6. The summed E-state index contributed by atoms with van der Waals surface area (Å²) in [5, 5.41) is 2.68. The summed E-state index contributed by atoms with van der Waals surface area (Å²) in [4.78, 5) is 10.6. The predicted octanol–water partition coefficient (Wildman–Crippen LogP) is 10.5. The van der Waals surface area contributed by atoms with Crippen molar-refractivity contribution in [1.82, 2.24) is 0 Å². The maximum absolute atomic E-state index is 10.6. The molecule has 1 aliphatic heterocycles. The van der Waals surface area contributed by atoms with Crippen molar-refractivity contribution in [3.8, 4) is 12.3 Å². The molecule has 0 radical (unpaired) electrons. The monoisotopic (exact) mass is 790 g/mol. The molecule has 52 heavy (non-hydrogen) atoms. The quantitative estimate of drug-likeness (QED) is 0.0240. The maximum atomic E-state index is 10.6. The van der Waals surface area contributed by atoms with E-state index in [0.717, 1.165) is 81.6 Å². The number of hydrogen-bond acceptors (Lipinski definition) is 4. The van der Waals surface area contributed by atoms with Gasteiger partial charge in [0.2, 0.25) is 9.04 Å². The average Bonchev–Trinajstić information content (AvgIpc) is 3.63. The topological polar surface area (TPSA) is 44.8 Å². The van der Waals surface area contributed by atoms with Crippen LogP contribution in [0, 0.1) is 18.3 Å². The van der Waals surface area contributed by atoms with Crippen molar-refractivity contribution in [3.05, 3.63) is 96.6 Å². The Hall–Kier alpha value is -2.14. The van der Waals surface area contributed by atoms with E-state index < -0.39 is 9.04 Å². The molecule has 0 bridgehead atoms. The number of carbonyl (C=O) groups excluding carboxylic acids is 1. The van der Waals surface area contributed by atoms with Gasteiger partial charge in [-0.2, -0.15) is 0 Å². The van der Waals surface area contributed by atoms with Gasteiger partial charge in [0.1, 0.15) is 6.29 Å². The predicted molar refractivity (Wildman–Crippen MR) is 230 cm³/mol. The minimum absolute atomic E-state index is 0.210. The van der Waals surface area contributed by atoms with Crippen LogP contribution in [0.25, 0.3) is 0 Å². The maximum Gasteiger partial charge on any atom is 0.240 e. The van der Waals surface area contributed by atoms with Gasteiger partial charge in [-0.25, -0.2) is 0 Å². The number of terminal acetylenes is 1. The van der Waals surface area contributed by atoms with E-state index in [2.05, 4.69) is 100 Å². The molecular formula is C44H65Cl3O4Si. The van der Waals surface area contributed by atoms with Crippen molar-refractivity contribution in [2.24, 2.45) is 5.92 Å². The number of hydrogen-bond donors (Lipinski definition) is 0. The number of carbonyl (C=O) groups is 1. The summed E-state index contributed by atoms with van der Waals surface area (Å²) in [6.45, 7) is 15.4. The summed E-state index contributed by atoms with van der Waals surface area (Å²) in [6, 6.07) is 21.1. The highest BCUT2D eigenvalue weighted by Gasteiger charge is 2.23. The van der Waals surface area contributed by atoms with E-state index in [0.29, 0.717) is 18.4 Å². The van der Waals surface area contributed by atoms with Crippen molar-refractivity contribution in [1.29, 1.82) is 0 Å². The Morgan fingerprint density at radius 1 is 0.885 bits per heavy atom. The third kappa shape index (κ3) is 25.8. The summed E-state index contributed by atoms with van der Waals surface area (Å²) in [7, 11) is -1.51. The summed E-state index contributed by atoms with van der Waals surface area (Å²) in [5.41, 5.74) is 2.25. The minimum atomic E-state index is -1.51. The van der Waals surface area contributed by atoms with Gasteiger partial charge in [-0.15, -0.1) is 53.7 Å². The molecule has 2 aromatic rings. The zero-order valence-electron chi connectivity index (χ0n) is 32.4. The zero-order valence-corrected chi connectivity index (χ0v) is 35.8. The number of unbranched alkanes of at least 4 members (excludes halogenated alkanes) is 4. The highest BCUT2D eigenvalue weighted by atomic mass is 35.5. The minimum Gasteiger partial charge on any atom is -0.409 e. The standard InChI is InChI=1S/C15H18OSi.C12H19ClO.C11H19ClO2.C6H9Cl/c1-13(2)16-17(14-9-5-3-6-10-14)15-11-7-4-8-12-15;1-3-10(2)12-11(7-9-14-12)6-4-5-8-13;1-10(2)14-8-6-11(9-13)5-3-4-7-12;1-2-3-4-5-6-7/h3-13,17H,1-2H3;3,7,10,12H,1,4-6,8-9H2,2H3;6,9-10H,3-5,7-8H2,1-2H3;1H,3-6H2/b;;11-6-;/t;10-,12+;;/m.0../s1. The molecule has 2 atom stereocenters. The van der Waals surface area contributed by atoms with Gasteiger partial charge in [0.15, 0.2) is 0 Å². The molecule has 290 valence electrons. The van der Waals surface area contributed by atoms with Gasteiger partial charge in [-0.1, -0.05) is 85.8 Å². The van der Waals surface area contributed by atoms with Gasteiger partial charge in [-0.05, 0) is 101 Å². The van der Waals surface area contributed by atoms with Gasteiger partial charge in [0.25, 0.3) is 0 Å². The van der Waals surface area contributed by atoms with Gasteiger partial charge < -0.3 is 13.9 Å². The molecule has 0 amide bonds. The highest BCUT2D eigenvalue weighted by molar-refractivity contribution is 6.80. The van der Waals surface area contributed by atoms with Crippen LogP contribution < -0.4 is 10.4 Å². The number of benzene rings is 2. The molecule has 1 aliphatic rings. The lowest BCUT2D eigenvalue weighted by atomic mass is 9.95. The molecule has 3 rings (SSSR count). The molecule has 8 heteroatoms.